The van der Waals surface area contributed by atoms with Gasteiger partial charge in [0, 0.05) is 6.20 Å². The average molecular weight is 208 g/mol. The zero-order valence-electron chi connectivity index (χ0n) is 8.80. The van der Waals surface area contributed by atoms with Gasteiger partial charge in [0.15, 0.2) is 0 Å². The number of pyridine rings is 1. The molecular formula is C14H12N2. The lowest BCUT2D eigenvalue weighted by atomic mass is 9.97. The van der Waals surface area contributed by atoms with Crippen LogP contribution in [0.4, 0.5) is 0 Å². The summed E-state index contributed by atoms with van der Waals surface area (Å²) in [5, 5.41) is 0. The van der Waals surface area contributed by atoms with E-state index in [4.69, 9.17) is 5.73 Å². The maximum Gasteiger partial charge on any atom is 0.0681 e. The molecule has 0 fully saturated rings. The van der Waals surface area contributed by atoms with E-state index in [1.54, 1.807) is 6.20 Å². The van der Waals surface area contributed by atoms with Gasteiger partial charge in [0.1, 0.15) is 0 Å². The van der Waals surface area contributed by atoms with Crippen LogP contribution >= 0.6 is 0 Å². The van der Waals surface area contributed by atoms with Gasteiger partial charge in [-0.05, 0) is 28.8 Å². The molecule has 0 saturated carbocycles. The Labute approximate surface area is 94.4 Å². The molecule has 1 aliphatic carbocycles. The summed E-state index contributed by atoms with van der Waals surface area (Å²) in [5.41, 5.74) is 10.7. The van der Waals surface area contributed by atoms with Crippen LogP contribution in [0.3, 0.4) is 0 Å². The van der Waals surface area contributed by atoms with Crippen molar-refractivity contribution < 1.29 is 0 Å². The molecule has 1 aromatic carbocycles. The van der Waals surface area contributed by atoms with Crippen LogP contribution in [-0.2, 0) is 0 Å². The fourth-order valence-electron chi connectivity index (χ4n) is 2.11. The highest BCUT2D eigenvalue weighted by atomic mass is 14.7. The van der Waals surface area contributed by atoms with Gasteiger partial charge in [0.25, 0.3) is 0 Å². The molecule has 1 aliphatic rings. The van der Waals surface area contributed by atoms with Crippen LogP contribution in [0.25, 0.3) is 12.2 Å². The minimum atomic E-state index is -0.0881. The van der Waals surface area contributed by atoms with Crippen molar-refractivity contribution in [2.24, 2.45) is 5.73 Å². The normalized spacial score (nSPS) is 17.4. The highest BCUT2D eigenvalue weighted by molar-refractivity contribution is 5.74. The monoisotopic (exact) mass is 208 g/mol. The summed E-state index contributed by atoms with van der Waals surface area (Å²) in [6.45, 7) is 0. The summed E-state index contributed by atoms with van der Waals surface area (Å²) in [6, 6.07) is 12.1. The molecule has 1 atom stereocenters. The van der Waals surface area contributed by atoms with Crippen LogP contribution in [0.1, 0.15) is 28.4 Å². The summed E-state index contributed by atoms with van der Waals surface area (Å²) in [7, 11) is 0. The maximum absolute atomic E-state index is 6.28. The van der Waals surface area contributed by atoms with Crippen molar-refractivity contribution in [1.82, 2.24) is 4.98 Å². The molecule has 2 heteroatoms. The minimum absolute atomic E-state index is 0.0881. The first-order chi connectivity index (χ1) is 7.86. The average Bonchev–Trinajstić information content (AvgIpc) is 2.49. The molecule has 2 aromatic rings. The van der Waals surface area contributed by atoms with E-state index in [2.05, 4.69) is 23.2 Å². The molecule has 78 valence electrons. The van der Waals surface area contributed by atoms with E-state index in [1.807, 2.05) is 30.3 Å². The fourth-order valence-corrected chi connectivity index (χ4v) is 2.11. The molecule has 0 amide bonds. The van der Waals surface area contributed by atoms with Gasteiger partial charge < -0.3 is 5.73 Å². The maximum atomic E-state index is 6.28. The third-order valence-electron chi connectivity index (χ3n) is 2.96. The summed E-state index contributed by atoms with van der Waals surface area (Å²) >= 11 is 0. The van der Waals surface area contributed by atoms with Crippen molar-refractivity contribution >= 4 is 12.2 Å². The van der Waals surface area contributed by atoms with Gasteiger partial charge >= 0.3 is 0 Å². The van der Waals surface area contributed by atoms with Gasteiger partial charge in [-0.15, -0.1) is 0 Å². The highest BCUT2D eigenvalue weighted by Gasteiger charge is 2.17. The van der Waals surface area contributed by atoms with Crippen LogP contribution in [-0.4, -0.2) is 4.98 Å². The van der Waals surface area contributed by atoms with Crippen molar-refractivity contribution in [2.45, 2.75) is 6.04 Å². The number of benzene rings is 1. The molecule has 0 spiro atoms. The highest BCUT2D eigenvalue weighted by Crippen LogP contribution is 2.29. The second-order valence-corrected chi connectivity index (χ2v) is 3.92. The Morgan fingerprint density at radius 1 is 0.938 bits per heavy atom. The third-order valence-corrected chi connectivity index (χ3v) is 2.96. The van der Waals surface area contributed by atoms with Crippen LogP contribution in [0, 0.1) is 0 Å². The standard InChI is InChI=1S/C14H12N2/c15-14-11-5-2-1-4-10(11)7-8-13-12(14)6-3-9-16-13/h1-9,14H,15H2. The molecule has 0 bridgehead atoms. The molecule has 1 heterocycles. The SMILES string of the molecule is NC1c2ccccc2C=Cc2ncccc21. The Kier molecular flexibility index (Phi) is 2.08. The molecule has 3 rings (SSSR count). The Hall–Kier alpha value is -1.93. The van der Waals surface area contributed by atoms with Gasteiger partial charge in [0.2, 0.25) is 0 Å². The number of hydrogen-bond donors (Lipinski definition) is 1. The number of fused-ring (bicyclic) bond motifs is 2. The van der Waals surface area contributed by atoms with Crippen molar-refractivity contribution in [3.05, 3.63) is 65.0 Å². The first-order valence-corrected chi connectivity index (χ1v) is 5.34. The van der Waals surface area contributed by atoms with E-state index in [9.17, 15) is 0 Å². The number of nitrogens with two attached hydrogens (primary N) is 1. The van der Waals surface area contributed by atoms with Crippen LogP contribution < -0.4 is 5.73 Å². The largest absolute Gasteiger partial charge is 0.320 e. The van der Waals surface area contributed by atoms with E-state index in [0.29, 0.717) is 0 Å². The van der Waals surface area contributed by atoms with E-state index < -0.39 is 0 Å². The van der Waals surface area contributed by atoms with Crippen LogP contribution in [0.5, 0.6) is 0 Å². The fraction of sp³-hybridized carbons (Fsp3) is 0.0714. The van der Waals surface area contributed by atoms with E-state index >= 15 is 0 Å². The zero-order valence-corrected chi connectivity index (χ0v) is 8.80. The van der Waals surface area contributed by atoms with Crippen LogP contribution in [0.2, 0.25) is 0 Å². The number of aromatic nitrogens is 1. The first-order valence-electron chi connectivity index (χ1n) is 5.34. The molecule has 2 nitrogen and oxygen atoms in total. The summed E-state index contributed by atoms with van der Waals surface area (Å²) in [4.78, 5) is 4.35. The second kappa shape index (κ2) is 3.58. The molecule has 0 saturated heterocycles. The third kappa shape index (κ3) is 1.35. The van der Waals surface area contributed by atoms with Crippen molar-refractivity contribution in [3.8, 4) is 0 Å². The first kappa shape index (κ1) is 9.31. The smallest absolute Gasteiger partial charge is 0.0681 e. The van der Waals surface area contributed by atoms with Gasteiger partial charge in [-0.3, -0.25) is 4.98 Å². The Morgan fingerprint density at radius 3 is 2.69 bits per heavy atom. The molecule has 2 N–H and O–H groups in total. The lowest BCUT2D eigenvalue weighted by molar-refractivity contribution is 0.860. The summed E-state index contributed by atoms with van der Waals surface area (Å²) < 4.78 is 0. The lowest BCUT2D eigenvalue weighted by Crippen LogP contribution is -2.13. The Balaban J connectivity index is 2.26. The van der Waals surface area contributed by atoms with E-state index in [-0.39, 0.29) is 6.04 Å². The van der Waals surface area contributed by atoms with Gasteiger partial charge in [0.05, 0.1) is 11.7 Å². The summed E-state index contributed by atoms with van der Waals surface area (Å²) in [6.07, 6.45) is 5.90. The van der Waals surface area contributed by atoms with Gasteiger partial charge in [-0.2, -0.15) is 0 Å². The minimum Gasteiger partial charge on any atom is -0.320 e. The second-order valence-electron chi connectivity index (χ2n) is 3.92. The van der Waals surface area contributed by atoms with Crippen LogP contribution in [0.15, 0.2) is 42.6 Å². The molecule has 1 aromatic heterocycles. The topological polar surface area (TPSA) is 38.9 Å². The molecule has 0 aliphatic heterocycles. The quantitative estimate of drug-likeness (QED) is 0.722. The predicted molar refractivity (Wildman–Crippen MR) is 65.6 cm³/mol. The molecule has 1 unspecified atom stereocenters. The Morgan fingerprint density at radius 2 is 1.75 bits per heavy atom. The van der Waals surface area contributed by atoms with Crippen molar-refractivity contribution in [1.29, 1.82) is 0 Å². The van der Waals surface area contributed by atoms with Gasteiger partial charge in [-0.25, -0.2) is 0 Å². The van der Waals surface area contributed by atoms with E-state index in [1.165, 1.54) is 5.56 Å². The lowest BCUT2D eigenvalue weighted by Gasteiger charge is -2.14. The Bertz CT molecular complexity index is 509. The predicted octanol–water partition coefficient (Wildman–Crippen LogP) is 2.61. The van der Waals surface area contributed by atoms with E-state index in [0.717, 1.165) is 16.8 Å². The number of rotatable bonds is 0. The number of nitrogens with zero attached hydrogens (tertiary/aromatic N) is 1. The molecular weight excluding hydrogens is 196 g/mol. The number of hydrogen-bond acceptors (Lipinski definition) is 2. The van der Waals surface area contributed by atoms with Crippen molar-refractivity contribution in [3.63, 3.8) is 0 Å². The zero-order chi connectivity index (χ0) is 11.0. The summed E-state index contributed by atoms with van der Waals surface area (Å²) in [5.74, 6) is 0. The van der Waals surface area contributed by atoms with Gasteiger partial charge in [-0.1, -0.05) is 36.4 Å². The van der Waals surface area contributed by atoms with Crippen molar-refractivity contribution in [2.75, 3.05) is 0 Å². The molecule has 0 radical (unpaired) electrons. The molecule has 16 heavy (non-hydrogen) atoms.